The number of hydrogen-bond donors (Lipinski definition) is 1. The lowest BCUT2D eigenvalue weighted by Crippen LogP contribution is -2.12. The Kier molecular flexibility index (Phi) is 3.77. The highest BCUT2D eigenvalue weighted by Crippen LogP contribution is 2.21. The molecule has 60 valence electrons. The number of hydrogen-bond acceptors (Lipinski definition) is 3. The van der Waals surface area contributed by atoms with E-state index in [-0.39, 0.29) is 5.78 Å². The second-order valence-electron chi connectivity index (χ2n) is 1.83. The second-order valence-corrected chi connectivity index (χ2v) is 3.92. The summed E-state index contributed by atoms with van der Waals surface area (Å²) in [5.41, 5.74) is 0. The van der Waals surface area contributed by atoms with Crippen molar-refractivity contribution in [3.8, 4) is 0 Å². The molecule has 11 heavy (non-hydrogen) atoms. The van der Waals surface area contributed by atoms with Gasteiger partial charge in [0.25, 0.3) is 0 Å². The van der Waals surface area contributed by atoms with Crippen LogP contribution in [-0.4, -0.2) is 12.3 Å². The topological polar surface area (TPSA) is 29.1 Å². The van der Waals surface area contributed by atoms with Gasteiger partial charge in [-0.3, -0.25) is 8.32 Å². The van der Waals surface area contributed by atoms with E-state index >= 15 is 0 Å². The van der Waals surface area contributed by atoms with E-state index in [4.69, 9.17) is 11.6 Å². The second kappa shape index (κ2) is 4.39. The summed E-state index contributed by atoms with van der Waals surface area (Å²) in [6.07, 6.45) is 0. The fourth-order valence-electron chi connectivity index (χ4n) is 0.634. The predicted molar refractivity (Wildman–Crippen MR) is 55.7 cm³/mol. The van der Waals surface area contributed by atoms with Gasteiger partial charge in [0.2, 0.25) is 0 Å². The molecule has 1 aromatic heterocycles. The third kappa shape index (κ3) is 2.40. The van der Waals surface area contributed by atoms with E-state index in [0.717, 1.165) is 0 Å². The Bertz CT molecular complexity index is 263. The number of carbonyl (C=O) groups excluding carboxylic acids is 1. The Morgan fingerprint density at radius 3 is 3.00 bits per heavy atom. The molecule has 0 radical (unpaired) electrons. The lowest BCUT2D eigenvalue weighted by molar-refractivity contribution is 0.100. The van der Waals surface area contributed by atoms with Crippen LogP contribution in [0.4, 0.5) is 0 Å². The monoisotopic (exact) mass is 301 g/mol. The molecule has 0 aliphatic heterocycles. The minimum Gasteiger partial charge on any atom is -0.292 e. The molecule has 1 heterocycles. The SMILES string of the molecule is O=C(CNI)c1sccc1Cl. The van der Waals surface area contributed by atoms with Crippen molar-refractivity contribution in [2.45, 2.75) is 0 Å². The van der Waals surface area contributed by atoms with Crippen molar-refractivity contribution in [3.05, 3.63) is 21.3 Å². The van der Waals surface area contributed by atoms with Gasteiger partial charge in [-0.05, 0) is 11.4 Å². The van der Waals surface area contributed by atoms with Crippen molar-refractivity contribution in [2.75, 3.05) is 6.54 Å². The zero-order chi connectivity index (χ0) is 8.27. The predicted octanol–water partition coefficient (Wildman–Crippen LogP) is 2.52. The first-order chi connectivity index (χ1) is 5.25. The van der Waals surface area contributed by atoms with E-state index in [2.05, 4.69) is 3.53 Å². The summed E-state index contributed by atoms with van der Waals surface area (Å²) in [6.45, 7) is 0.334. The summed E-state index contributed by atoms with van der Waals surface area (Å²) in [5.74, 6) is 0.0411. The molecule has 0 saturated heterocycles. The molecule has 1 rings (SSSR count). The number of nitrogens with one attached hydrogen (secondary N) is 1. The molecule has 0 bridgehead atoms. The van der Waals surface area contributed by atoms with E-state index in [1.807, 2.05) is 28.2 Å². The Morgan fingerprint density at radius 2 is 2.55 bits per heavy atom. The minimum absolute atomic E-state index is 0.0411. The van der Waals surface area contributed by atoms with Crippen molar-refractivity contribution in [3.63, 3.8) is 0 Å². The summed E-state index contributed by atoms with van der Waals surface area (Å²) in [4.78, 5) is 11.8. The summed E-state index contributed by atoms with van der Waals surface area (Å²) in [7, 11) is 0. The molecule has 0 aromatic carbocycles. The number of rotatable bonds is 3. The molecule has 5 heteroatoms. The van der Waals surface area contributed by atoms with Crippen LogP contribution in [0.1, 0.15) is 9.67 Å². The summed E-state index contributed by atoms with van der Waals surface area (Å²) in [6, 6.07) is 1.73. The first kappa shape index (κ1) is 9.44. The molecule has 0 fully saturated rings. The molecular formula is C6H5ClINOS. The van der Waals surface area contributed by atoms with E-state index in [1.165, 1.54) is 11.3 Å². The highest BCUT2D eigenvalue weighted by atomic mass is 127. The van der Waals surface area contributed by atoms with Crippen LogP contribution in [0, 0.1) is 0 Å². The number of Topliss-reactive ketones (excluding diaryl/α,β-unsaturated/α-hetero) is 1. The van der Waals surface area contributed by atoms with Gasteiger partial charge in [0, 0.05) is 22.9 Å². The fourth-order valence-corrected chi connectivity index (χ4v) is 2.08. The molecule has 0 saturated carbocycles. The zero-order valence-corrected chi connectivity index (χ0v) is 9.16. The van der Waals surface area contributed by atoms with E-state index < -0.39 is 0 Å². The van der Waals surface area contributed by atoms with Gasteiger partial charge in [0.15, 0.2) is 5.78 Å². The number of thiophene rings is 1. The standard InChI is InChI=1S/C6H5ClINOS/c7-4-1-2-11-6(4)5(10)3-9-8/h1-2,9H,3H2. The maximum absolute atomic E-state index is 11.2. The van der Waals surface area contributed by atoms with Gasteiger partial charge in [-0.25, -0.2) is 0 Å². The zero-order valence-electron chi connectivity index (χ0n) is 5.43. The van der Waals surface area contributed by atoms with Gasteiger partial charge >= 0.3 is 0 Å². The first-order valence-electron chi connectivity index (χ1n) is 2.85. The van der Waals surface area contributed by atoms with Crippen molar-refractivity contribution in [1.29, 1.82) is 0 Å². The average molecular weight is 302 g/mol. The third-order valence-electron chi connectivity index (χ3n) is 1.10. The van der Waals surface area contributed by atoms with Gasteiger partial charge < -0.3 is 0 Å². The highest BCUT2D eigenvalue weighted by Gasteiger charge is 2.09. The molecule has 0 aliphatic rings. The van der Waals surface area contributed by atoms with Crippen molar-refractivity contribution in [1.82, 2.24) is 3.53 Å². The van der Waals surface area contributed by atoms with Crippen LogP contribution in [0.25, 0.3) is 0 Å². The summed E-state index contributed by atoms with van der Waals surface area (Å²) >= 11 is 9.03. The van der Waals surface area contributed by atoms with Crippen LogP contribution in [0.15, 0.2) is 11.4 Å². The lowest BCUT2D eigenvalue weighted by atomic mass is 10.3. The average Bonchev–Trinajstić information content (AvgIpc) is 2.36. The van der Waals surface area contributed by atoms with Gasteiger partial charge in [-0.2, -0.15) is 0 Å². The molecular weight excluding hydrogens is 296 g/mol. The highest BCUT2D eigenvalue weighted by molar-refractivity contribution is 14.1. The molecule has 1 N–H and O–H groups in total. The Morgan fingerprint density at radius 1 is 1.82 bits per heavy atom. The smallest absolute Gasteiger partial charge is 0.188 e. The third-order valence-corrected chi connectivity index (χ3v) is 2.86. The van der Waals surface area contributed by atoms with E-state index in [1.54, 1.807) is 6.07 Å². The number of ketones is 1. The van der Waals surface area contributed by atoms with Crippen LogP contribution in [0.3, 0.4) is 0 Å². The maximum Gasteiger partial charge on any atom is 0.188 e. The minimum atomic E-state index is 0.0411. The summed E-state index contributed by atoms with van der Waals surface area (Å²) < 4.78 is 2.75. The van der Waals surface area contributed by atoms with Gasteiger partial charge in [-0.15, -0.1) is 11.3 Å². The van der Waals surface area contributed by atoms with Crippen molar-refractivity contribution >= 4 is 51.6 Å². The molecule has 1 aromatic rings. The lowest BCUT2D eigenvalue weighted by Gasteiger charge is -1.94. The molecule has 0 spiro atoms. The van der Waals surface area contributed by atoms with Gasteiger partial charge in [-0.1, -0.05) is 11.6 Å². The molecule has 2 nitrogen and oxygen atoms in total. The molecule has 0 aliphatic carbocycles. The van der Waals surface area contributed by atoms with Crippen LogP contribution in [0.2, 0.25) is 5.02 Å². The maximum atomic E-state index is 11.2. The number of halogens is 2. The molecule has 0 unspecified atom stereocenters. The molecule has 0 amide bonds. The van der Waals surface area contributed by atoms with Gasteiger partial charge in [0.1, 0.15) is 0 Å². The fraction of sp³-hybridized carbons (Fsp3) is 0.167. The normalized spacial score (nSPS) is 10.0. The Balaban J connectivity index is 2.76. The largest absolute Gasteiger partial charge is 0.292 e. The van der Waals surface area contributed by atoms with Crippen LogP contribution in [-0.2, 0) is 0 Å². The van der Waals surface area contributed by atoms with Gasteiger partial charge in [0.05, 0.1) is 16.4 Å². The summed E-state index contributed by atoms with van der Waals surface area (Å²) in [5, 5.41) is 2.36. The van der Waals surface area contributed by atoms with Crippen LogP contribution < -0.4 is 3.53 Å². The first-order valence-corrected chi connectivity index (χ1v) is 5.19. The Hall–Kier alpha value is 0.350. The van der Waals surface area contributed by atoms with E-state index in [9.17, 15) is 4.79 Å². The van der Waals surface area contributed by atoms with Crippen LogP contribution >= 0.6 is 45.8 Å². The van der Waals surface area contributed by atoms with Crippen LogP contribution in [0.5, 0.6) is 0 Å². The van der Waals surface area contributed by atoms with Crippen molar-refractivity contribution in [2.24, 2.45) is 0 Å². The molecule has 0 atom stereocenters. The number of carbonyl (C=O) groups is 1. The van der Waals surface area contributed by atoms with E-state index in [0.29, 0.717) is 16.4 Å². The quantitative estimate of drug-likeness (QED) is 0.528. The Labute approximate surface area is 87.4 Å². The van der Waals surface area contributed by atoms with Crippen molar-refractivity contribution < 1.29 is 4.79 Å².